The van der Waals surface area contributed by atoms with E-state index in [2.05, 4.69) is 147 Å². The Morgan fingerprint density at radius 3 is 1.75 bits per heavy atom. The molecular weight excluding hydrogens is 713 g/mol. The normalized spacial score (nSPS) is 16.5. The van der Waals surface area contributed by atoms with Gasteiger partial charge in [0.1, 0.15) is 0 Å². The predicted octanol–water partition coefficient (Wildman–Crippen LogP) is 14.0. The molecule has 0 atom stereocenters. The third-order valence-electron chi connectivity index (χ3n) is 10.8. The van der Waals surface area contributed by atoms with Gasteiger partial charge in [0.15, 0.2) is 0 Å². The highest BCUT2D eigenvalue weighted by atomic mass is 35.5. The summed E-state index contributed by atoms with van der Waals surface area (Å²) in [4.78, 5) is 2.31. The molecule has 3 nitrogen and oxygen atoms in total. The van der Waals surface area contributed by atoms with Crippen molar-refractivity contribution < 1.29 is 0 Å². The number of halogens is 2. The first-order valence-corrected chi connectivity index (χ1v) is 21.8. The van der Waals surface area contributed by atoms with Crippen LogP contribution in [-0.4, -0.2) is 25.0 Å². The molecule has 3 aromatic rings. The highest BCUT2D eigenvalue weighted by molar-refractivity contribution is 6.31. The van der Waals surface area contributed by atoms with Crippen molar-refractivity contribution in [2.45, 2.75) is 145 Å². The predicted molar refractivity (Wildman–Crippen MR) is 244 cm³/mol. The number of fused-ring (bicyclic) bond motifs is 2. The van der Waals surface area contributed by atoms with Crippen LogP contribution in [0.2, 0.25) is 10.0 Å². The van der Waals surface area contributed by atoms with Gasteiger partial charge in [-0.15, -0.1) is 0 Å². The van der Waals surface area contributed by atoms with Crippen LogP contribution in [0.25, 0.3) is 0 Å². The molecule has 0 bridgehead atoms. The van der Waals surface area contributed by atoms with Gasteiger partial charge in [0.2, 0.25) is 0 Å². The van der Waals surface area contributed by atoms with E-state index < -0.39 is 0 Å². The molecule has 3 aliphatic heterocycles. The average Bonchev–Trinajstić information content (AvgIpc) is 3.58. The Balaban J connectivity index is 0.000000195. The summed E-state index contributed by atoms with van der Waals surface area (Å²) in [6, 6.07) is 15.7. The van der Waals surface area contributed by atoms with E-state index in [1.807, 2.05) is 13.8 Å². The van der Waals surface area contributed by atoms with Gasteiger partial charge in [-0.05, 0) is 129 Å². The van der Waals surface area contributed by atoms with Crippen molar-refractivity contribution in [1.29, 1.82) is 0 Å². The van der Waals surface area contributed by atoms with E-state index in [4.69, 9.17) is 23.2 Å². The van der Waals surface area contributed by atoms with Crippen LogP contribution in [0.3, 0.4) is 0 Å². The Morgan fingerprint density at radius 2 is 1.25 bits per heavy atom. The number of hydrogen-bond donors (Lipinski definition) is 2. The van der Waals surface area contributed by atoms with Gasteiger partial charge < -0.3 is 10.6 Å². The molecule has 2 fully saturated rings. The largest absolute Gasteiger partial charge is 0.309 e. The maximum absolute atomic E-state index is 6.23. The quantitative estimate of drug-likeness (QED) is 0.250. The summed E-state index contributed by atoms with van der Waals surface area (Å²) in [5.74, 6) is 3.12. The van der Waals surface area contributed by atoms with Crippen LogP contribution < -0.4 is 10.6 Å². The first-order valence-electron chi connectivity index (χ1n) is 21.0. The Labute approximate surface area is 347 Å². The topological polar surface area (TPSA) is 27.3 Å². The van der Waals surface area contributed by atoms with Crippen molar-refractivity contribution in [3.8, 4) is 0 Å². The van der Waals surface area contributed by atoms with Crippen LogP contribution in [0.1, 0.15) is 163 Å². The van der Waals surface area contributed by atoms with Gasteiger partial charge in [-0.25, -0.2) is 0 Å². The van der Waals surface area contributed by atoms with Gasteiger partial charge in [-0.3, -0.25) is 4.90 Å². The Kier molecular flexibility index (Phi) is 19.0. The molecular formula is C50H73Cl2N3. The molecule has 1 saturated heterocycles. The summed E-state index contributed by atoms with van der Waals surface area (Å²) in [5, 5.41) is 8.53. The van der Waals surface area contributed by atoms with E-state index in [9.17, 15) is 0 Å². The number of rotatable bonds is 7. The molecule has 1 aliphatic carbocycles. The average molecular weight is 787 g/mol. The fraction of sp³-hybridized carbons (Fsp3) is 0.520. The second-order valence-electron chi connectivity index (χ2n) is 16.7. The molecule has 5 heteroatoms. The van der Waals surface area contributed by atoms with E-state index >= 15 is 0 Å². The molecule has 3 aromatic carbocycles. The first kappa shape index (κ1) is 46.7. The lowest BCUT2D eigenvalue weighted by molar-refractivity contribution is 0.353. The van der Waals surface area contributed by atoms with Crippen LogP contribution in [-0.2, 0) is 32.6 Å². The number of allylic oxidation sites excluding steroid dienone is 2. The van der Waals surface area contributed by atoms with Crippen LogP contribution in [0.4, 0.5) is 0 Å². The number of nitrogens with one attached hydrogen (secondary N) is 2. The minimum absolute atomic E-state index is 0.513. The number of benzene rings is 3. The fourth-order valence-corrected chi connectivity index (χ4v) is 7.90. The van der Waals surface area contributed by atoms with Gasteiger partial charge in [-0.2, -0.15) is 0 Å². The number of hydrogen-bond acceptors (Lipinski definition) is 3. The minimum atomic E-state index is 0.513. The van der Waals surface area contributed by atoms with Crippen molar-refractivity contribution >= 4 is 23.2 Å². The lowest BCUT2D eigenvalue weighted by Gasteiger charge is -2.14. The van der Waals surface area contributed by atoms with Crippen LogP contribution >= 0.6 is 23.2 Å². The molecule has 0 aromatic heterocycles. The molecule has 7 rings (SSSR count). The monoisotopic (exact) mass is 786 g/mol. The SMILES string of the molecule is C=C1CNC/C1=C/C(=C)C(C)C.CC.CC(C)c1cc2c(cc1C1CC1)CNC2.CC(C)c1cc2c(cc1Cl)CN(C)C2.CCc1ccc(C(C)C)c(Cl)c1. The van der Waals surface area contributed by atoms with E-state index in [-0.39, 0.29) is 0 Å². The maximum Gasteiger partial charge on any atom is 0.0444 e. The standard InChI is InChI=1S/C14H19N.C12H16ClN.C11H15Cl.C11H17N.C2H6/c1-9(2)13-5-11-7-15-8-12(11)6-14(13)10-3-4-10;1-8(2)11-4-9-6-14(3)7-10(9)5-12(11)13;1-4-9-5-6-10(8(2)3)11(12)7-9;1-8(2)9(3)5-11-7-12-6-10(11)4;1-2/h5-6,9-10,15H,3-4,7-8H2,1-2H3;4-5,8H,6-7H2,1-3H3;5-8H,4H2,1-3H3;5,8,12H,3-4,6-7H2,1-2H3;1-2H3/b;;;11-5-;. The van der Waals surface area contributed by atoms with Crippen LogP contribution in [0.5, 0.6) is 0 Å². The van der Waals surface area contributed by atoms with Crippen LogP contribution in [0, 0.1) is 5.92 Å². The lowest BCUT2D eigenvalue weighted by atomic mass is 9.90. The molecule has 4 aliphatic rings. The van der Waals surface area contributed by atoms with Crippen molar-refractivity contribution in [1.82, 2.24) is 15.5 Å². The zero-order valence-electron chi connectivity index (χ0n) is 36.5. The van der Waals surface area contributed by atoms with Gasteiger partial charge in [-0.1, -0.05) is 155 Å². The second-order valence-corrected chi connectivity index (χ2v) is 17.5. The van der Waals surface area contributed by atoms with Gasteiger partial charge in [0.05, 0.1) is 0 Å². The maximum atomic E-state index is 6.23. The van der Waals surface area contributed by atoms with E-state index in [0.717, 1.165) is 61.7 Å². The Hall–Kier alpha value is -2.66. The summed E-state index contributed by atoms with van der Waals surface area (Å²) in [5.41, 5.74) is 16.7. The van der Waals surface area contributed by atoms with Gasteiger partial charge in [0, 0.05) is 49.3 Å². The fourth-order valence-electron chi connectivity index (χ4n) is 7.08. The zero-order valence-corrected chi connectivity index (χ0v) is 38.0. The van der Waals surface area contributed by atoms with Gasteiger partial charge >= 0.3 is 0 Å². The van der Waals surface area contributed by atoms with Crippen molar-refractivity contribution in [2.24, 2.45) is 5.92 Å². The molecule has 0 amide bonds. The first-order chi connectivity index (χ1) is 26.1. The van der Waals surface area contributed by atoms with E-state index in [0.29, 0.717) is 23.7 Å². The molecule has 0 radical (unpaired) electrons. The second kappa shape index (κ2) is 22.3. The molecule has 55 heavy (non-hydrogen) atoms. The highest BCUT2D eigenvalue weighted by Gasteiger charge is 2.28. The number of aryl methyl sites for hydroxylation is 1. The highest BCUT2D eigenvalue weighted by Crippen LogP contribution is 2.44. The smallest absolute Gasteiger partial charge is 0.0444 e. The Bertz CT molecular complexity index is 1730. The summed E-state index contributed by atoms with van der Waals surface area (Å²) < 4.78 is 0. The lowest BCUT2D eigenvalue weighted by Crippen LogP contribution is -2.07. The molecule has 302 valence electrons. The molecule has 0 spiro atoms. The third kappa shape index (κ3) is 13.8. The minimum Gasteiger partial charge on any atom is -0.309 e. The summed E-state index contributed by atoms with van der Waals surface area (Å²) >= 11 is 12.3. The summed E-state index contributed by atoms with van der Waals surface area (Å²) in [7, 11) is 2.14. The molecule has 0 unspecified atom stereocenters. The summed E-state index contributed by atoms with van der Waals surface area (Å²) in [6.45, 7) is 37.9. The van der Waals surface area contributed by atoms with Crippen molar-refractivity contribution in [3.63, 3.8) is 0 Å². The Morgan fingerprint density at radius 1 is 0.727 bits per heavy atom. The third-order valence-corrected chi connectivity index (χ3v) is 11.5. The summed E-state index contributed by atoms with van der Waals surface area (Å²) in [6.07, 6.45) is 6.03. The van der Waals surface area contributed by atoms with E-state index in [1.54, 1.807) is 16.7 Å². The zero-order chi connectivity index (χ0) is 41.0. The van der Waals surface area contributed by atoms with Crippen molar-refractivity contribution in [3.05, 3.63) is 139 Å². The molecule has 1 saturated carbocycles. The number of nitrogens with zero attached hydrogens (tertiary/aromatic N) is 1. The van der Waals surface area contributed by atoms with Crippen molar-refractivity contribution in [2.75, 3.05) is 20.1 Å². The van der Waals surface area contributed by atoms with Gasteiger partial charge in [0.25, 0.3) is 0 Å². The van der Waals surface area contributed by atoms with Crippen LogP contribution in [0.15, 0.2) is 78.4 Å². The van der Waals surface area contributed by atoms with E-state index in [1.165, 1.54) is 62.9 Å². The molecule has 3 heterocycles. The molecule has 2 N–H and O–H groups in total.